The Labute approximate surface area is 116 Å². The van der Waals surface area contributed by atoms with Gasteiger partial charge in [0.2, 0.25) is 0 Å². The number of nitrogens with one attached hydrogen (secondary N) is 3. The Bertz CT molecular complexity index is 494. The van der Waals surface area contributed by atoms with Crippen molar-refractivity contribution in [2.45, 2.75) is 39.0 Å². The number of carbonyl (C=O) groups is 1. The Kier molecular flexibility index (Phi) is 7.08. The maximum atomic E-state index is 11.4. The highest BCUT2D eigenvalue weighted by Gasteiger charge is 2.04. The molecule has 1 aromatic heterocycles. The van der Waals surface area contributed by atoms with Gasteiger partial charge in [-0.05, 0) is 6.42 Å². The summed E-state index contributed by atoms with van der Waals surface area (Å²) in [7, 11) is 0. The van der Waals surface area contributed by atoms with Crippen molar-refractivity contribution in [1.29, 1.82) is 0 Å². The summed E-state index contributed by atoms with van der Waals surface area (Å²) in [5.41, 5.74) is -1.54. The molecule has 0 saturated heterocycles. The molecule has 112 valence electrons. The normalized spacial score (nSPS) is 10.2. The summed E-state index contributed by atoms with van der Waals surface area (Å²) in [6.07, 6.45) is 5.56. The van der Waals surface area contributed by atoms with Crippen LogP contribution < -0.4 is 21.4 Å². The van der Waals surface area contributed by atoms with E-state index in [0.29, 0.717) is 6.54 Å². The number of aromatic amines is 2. The second-order valence-corrected chi connectivity index (χ2v) is 4.35. The van der Waals surface area contributed by atoms with Gasteiger partial charge in [0.05, 0.1) is 0 Å². The van der Waals surface area contributed by atoms with Crippen LogP contribution in [-0.2, 0) is 4.79 Å². The third-order valence-corrected chi connectivity index (χ3v) is 2.59. The average Bonchev–Trinajstić information content (AvgIpc) is 2.39. The van der Waals surface area contributed by atoms with Gasteiger partial charge in [0.25, 0.3) is 5.91 Å². The summed E-state index contributed by atoms with van der Waals surface area (Å²) in [4.78, 5) is 40.7. The summed E-state index contributed by atoms with van der Waals surface area (Å²) >= 11 is 0. The minimum Gasteiger partial charge on any atom is -0.454 e. The highest BCUT2D eigenvalue weighted by molar-refractivity contribution is 5.77. The average molecular weight is 284 g/mol. The second kappa shape index (κ2) is 8.89. The summed E-state index contributed by atoms with van der Waals surface area (Å²) in [6.45, 7) is 2.44. The zero-order valence-corrected chi connectivity index (χ0v) is 11.5. The first-order chi connectivity index (χ1) is 9.61. The predicted molar refractivity (Wildman–Crippen MR) is 72.7 cm³/mol. The number of carbonyl (C=O) groups excluding carboxylic acids is 1. The van der Waals surface area contributed by atoms with Gasteiger partial charge in [-0.25, -0.2) is 9.59 Å². The molecule has 0 aliphatic heterocycles. The Morgan fingerprint density at radius 3 is 2.65 bits per heavy atom. The molecule has 0 aromatic carbocycles. The fourth-order valence-corrected chi connectivity index (χ4v) is 1.58. The Hall–Kier alpha value is -2.12. The zero-order chi connectivity index (χ0) is 14.8. The van der Waals surface area contributed by atoms with Gasteiger partial charge in [0, 0.05) is 6.54 Å². The summed E-state index contributed by atoms with van der Waals surface area (Å²) < 4.78 is 4.93. The molecule has 1 rings (SSSR count). The molecule has 1 amide bonds. The maximum Gasteiger partial charge on any atom is 0.353 e. The smallest absolute Gasteiger partial charge is 0.353 e. The highest BCUT2D eigenvalue weighted by Crippen LogP contribution is 2.01. The number of aromatic nitrogens is 3. The minimum atomic E-state index is -0.819. The van der Waals surface area contributed by atoms with Crippen LogP contribution in [0.5, 0.6) is 6.01 Å². The molecule has 0 aliphatic carbocycles. The third-order valence-electron chi connectivity index (χ3n) is 2.59. The number of hydrogen-bond acceptors (Lipinski definition) is 5. The number of amides is 1. The lowest BCUT2D eigenvalue weighted by Crippen LogP contribution is -2.31. The number of nitrogens with zero attached hydrogens (tertiary/aromatic N) is 1. The van der Waals surface area contributed by atoms with E-state index in [-0.39, 0.29) is 18.5 Å². The largest absolute Gasteiger partial charge is 0.454 e. The van der Waals surface area contributed by atoms with E-state index in [1.807, 2.05) is 4.98 Å². The topological polar surface area (TPSA) is 117 Å². The summed E-state index contributed by atoms with van der Waals surface area (Å²) in [6, 6.07) is -0.267. The van der Waals surface area contributed by atoms with Gasteiger partial charge in [0.1, 0.15) is 0 Å². The quantitative estimate of drug-likeness (QED) is 0.548. The lowest BCUT2D eigenvalue weighted by atomic mass is 10.1. The van der Waals surface area contributed by atoms with Crippen molar-refractivity contribution in [2.24, 2.45) is 0 Å². The Morgan fingerprint density at radius 1 is 1.20 bits per heavy atom. The molecule has 1 heterocycles. The van der Waals surface area contributed by atoms with E-state index in [4.69, 9.17) is 4.74 Å². The minimum absolute atomic E-state index is 0.267. The molecular formula is C12H20N4O4. The SMILES string of the molecule is CCCCCCCNC(=O)COc1nc(=O)[nH]c(=O)[nH]1. The van der Waals surface area contributed by atoms with Gasteiger partial charge in [-0.1, -0.05) is 32.6 Å². The van der Waals surface area contributed by atoms with Crippen LogP contribution in [0.4, 0.5) is 0 Å². The standard InChI is InChI=1S/C12H20N4O4/c1-2-3-4-5-6-7-13-9(17)8-20-12-15-10(18)14-11(19)16-12/h2-8H2,1H3,(H,13,17)(H2,14,15,16,18,19). The lowest BCUT2D eigenvalue weighted by Gasteiger charge is -2.06. The molecule has 0 bridgehead atoms. The summed E-state index contributed by atoms with van der Waals surface area (Å²) in [5, 5.41) is 2.69. The van der Waals surface area contributed by atoms with E-state index in [1.54, 1.807) is 0 Å². The van der Waals surface area contributed by atoms with Crippen molar-refractivity contribution < 1.29 is 9.53 Å². The van der Waals surface area contributed by atoms with Crippen LogP contribution in [0.3, 0.4) is 0 Å². The van der Waals surface area contributed by atoms with Crippen molar-refractivity contribution >= 4 is 5.91 Å². The molecule has 0 unspecified atom stereocenters. The van der Waals surface area contributed by atoms with Crippen LogP contribution >= 0.6 is 0 Å². The second-order valence-electron chi connectivity index (χ2n) is 4.35. The van der Waals surface area contributed by atoms with Crippen molar-refractivity contribution in [3.63, 3.8) is 0 Å². The lowest BCUT2D eigenvalue weighted by molar-refractivity contribution is -0.123. The Morgan fingerprint density at radius 2 is 1.95 bits per heavy atom. The Balaban J connectivity index is 2.19. The fraction of sp³-hybridized carbons (Fsp3) is 0.667. The van der Waals surface area contributed by atoms with Gasteiger partial charge in [0.15, 0.2) is 6.61 Å². The fourth-order valence-electron chi connectivity index (χ4n) is 1.58. The first-order valence-corrected chi connectivity index (χ1v) is 6.72. The van der Waals surface area contributed by atoms with Crippen molar-refractivity contribution in [2.75, 3.05) is 13.2 Å². The third kappa shape index (κ3) is 6.72. The molecule has 1 aromatic rings. The molecule has 8 nitrogen and oxygen atoms in total. The maximum absolute atomic E-state index is 11.4. The molecule has 0 fully saturated rings. The molecular weight excluding hydrogens is 264 g/mol. The van der Waals surface area contributed by atoms with E-state index in [0.717, 1.165) is 12.8 Å². The molecule has 0 spiro atoms. The van der Waals surface area contributed by atoms with Crippen LogP contribution in [-0.4, -0.2) is 34.0 Å². The van der Waals surface area contributed by atoms with Crippen molar-refractivity contribution in [3.05, 3.63) is 21.0 Å². The number of unbranched alkanes of at least 4 members (excludes halogenated alkanes) is 4. The van der Waals surface area contributed by atoms with E-state index in [1.165, 1.54) is 19.3 Å². The molecule has 0 atom stereocenters. The van der Waals surface area contributed by atoms with Crippen LogP contribution in [0.15, 0.2) is 9.59 Å². The van der Waals surface area contributed by atoms with Gasteiger partial charge in [-0.3, -0.25) is 14.8 Å². The highest BCUT2D eigenvalue weighted by atomic mass is 16.5. The molecule has 8 heteroatoms. The molecule has 3 N–H and O–H groups in total. The molecule has 0 radical (unpaired) electrons. The van der Waals surface area contributed by atoms with Gasteiger partial charge < -0.3 is 10.1 Å². The number of ether oxygens (including phenoxy) is 1. The van der Waals surface area contributed by atoms with E-state index >= 15 is 0 Å². The van der Waals surface area contributed by atoms with Gasteiger partial charge in [-0.15, -0.1) is 4.98 Å². The monoisotopic (exact) mass is 284 g/mol. The van der Waals surface area contributed by atoms with Crippen LogP contribution in [0.25, 0.3) is 0 Å². The predicted octanol–water partition coefficient (Wildman–Crippen LogP) is -0.0764. The first kappa shape index (κ1) is 15.9. The van der Waals surface area contributed by atoms with E-state index in [9.17, 15) is 14.4 Å². The van der Waals surface area contributed by atoms with Crippen LogP contribution in [0.1, 0.15) is 39.0 Å². The van der Waals surface area contributed by atoms with Crippen LogP contribution in [0, 0.1) is 0 Å². The molecule has 20 heavy (non-hydrogen) atoms. The van der Waals surface area contributed by atoms with E-state index in [2.05, 4.69) is 22.2 Å². The van der Waals surface area contributed by atoms with Crippen molar-refractivity contribution in [3.8, 4) is 6.01 Å². The number of hydrogen-bond donors (Lipinski definition) is 3. The van der Waals surface area contributed by atoms with Gasteiger partial charge >= 0.3 is 17.4 Å². The number of H-pyrrole nitrogens is 2. The molecule has 0 saturated carbocycles. The zero-order valence-electron chi connectivity index (χ0n) is 11.5. The van der Waals surface area contributed by atoms with Crippen molar-refractivity contribution in [1.82, 2.24) is 20.3 Å². The van der Waals surface area contributed by atoms with Gasteiger partial charge in [-0.2, -0.15) is 0 Å². The number of rotatable bonds is 9. The molecule has 0 aliphatic rings. The summed E-state index contributed by atoms with van der Waals surface area (Å²) in [5.74, 6) is -0.316. The first-order valence-electron chi connectivity index (χ1n) is 6.72. The van der Waals surface area contributed by atoms with Crippen LogP contribution in [0.2, 0.25) is 0 Å². The van der Waals surface area contributed by atoms with E-state index < -0.39 is 11.4 Å².